The van der Waals surface area contributed by atoms with Crippen LogP contribution in [0.3, 0.4) is 0 Å². The zero-order chi connectivity index (χ0) is 14.8. The largest absolute Gasteiger partial charge is 0.495 e. The van der Waals surface area contributed by atoms with Gasteiger partial charge in [0.1, 0.15) is 10.6 Å². The summed E-state index contributed by atoms with van der Waals surface area (Å²) in [6.45, 7) is 2.17. The van der Waals surface area contributed by atoms with Crippen molar-refractivity contribution in [3.05, 3.63) is 18.2 Å². The van der Waals surface area contributed by atoms with Crippen molar-refractivity contribution >= 4 is 15.5 Å². The number of nitrogens with two attached hydrogens (primary N) is 1. The molecule has 0 amide bonds. The van der Waals surface area contributed by atoms with Crippen molar-refractivity contribution in [2.75, 3.05) is 12.8 Å². The van der Waals surface area contributed by atoms with Gasteiger partial charge in [0.25, 0.3) is 0 Å². The lowest BCUT2D eigenvalue weighted by Crippen LogP contribution is -2.27. The Kier molecular flexibility index (Phi) is 4.58. The first kappa shape index (κ1) is 15.2. The van der Waals surface area contributed by atoms with Crippen molar-refractivity contribution in [2.24, 2.45) is 5.92 Å². The van der Waals surface area contributed by atoms with Gasteiger partial charge < -0.3 is 10.5 Å². The van der Waals surface area contributed by atoms with E-state index in [1.165, 1.54) is 7.11 Å². The van der Waals surface area contributed by atoms with Gasteiger partial charge in [0.05, 0.1) is 12.4 Å². The van der Waals surface area contributed by atoms with Crippen molar-refractivity contribution in [2.45, 2.75) is 49.2 Å². The normalized spacial score (nSPS) is 23.5. The molecular weight excluding hydrogens is 274 g/mol. The fourth-order valence-electron chi connectivity index (χ4n) is 2.95. The average Bonchev–Trinajstić information content (AvgIpc) is 2.46. The van der Waals surface area contributed by atoms with Crippen LogP contribution in [0.5, 0.6) is 5.75 Å². The zero-order valence-electron chi connectivity index (χ0n) is 12.1. The second-order valence-corrected chi connectivity index (χ2v) is 7.70. The highest BCUT2D eigenvalue weighted by Crippen LogP contribution is 2.36. The van der Waals surface area contributed by atoms with E-state index < -0.39 is 9.84 Å². The van der Waals surface area contributed by atoms with Crippen LogP contribution in [0.25, 0.3) is 0 Å². The van der Waals surface area contributed by atoms with Crippen molar-refractivity contribution in [3.63, 3.8) is 0 Å². The summed E-state index contributed by atoms with van der Waals surface area (Å²) in [7, 11) is -1.86. The minimum absolute atomic E-state index is 0.272. The number of rotatable bonds is 4. The molecule has 1 saturated carbocycles. The molecule has 2 rings (SSSR count). The van der Waals surface area contributed by atoms with Crippen LogP contribution in [0.1, 0.15) is 39.0 Å². The first-order valence-electron chi connectivity index (χ1n) is 7.16. The molecule has 0 saturated heterocycles. The van der Waals surface area contributed by atoms with Crippen molar-refractivity contribution < 1.29 is 13.2 Å². The van der Waals surface area contributed by atoms with Crippen LogP contribution in [0.4, 0.5) is 5.69 Å². The third-order valence-corrected chi connectivity index (χ3v) is 6.60. The molecule has 112 valence electrons. The minimum Gasteiger partial charge on any atom is -0.495 e. The van der Waals surface area contributed by atoms with Gasteiger partial charge in [-0.15, -0.1) is 0 Å². The number of hydrogen-bond acceptors (Lipinski definition) is 4. The van der Waals surface area contributed by atoms with Crippen LogP contribution in [0.2, 0.25) is 0 Å². The molecule has 0 aromatic heterocycles. The third kappa shape index (κ3) is 2.92. The lowest BCUT2D eigenvalue weighted by Gasteiger charge is -2.28. The smallest absolute Gasteiger partial charge is 0.184 e. The van der Waals surface area contributed by atoms with E-state index >= 15 is 0 Å². The predicted octanol–water partition coefficient (Wildman–Crippen LogP) is 3.02. The van der Waals surface area contributed by atoms with Crippen LogP contribution >= 0.6 is 0 Å². The Labute approximate surface area is 121 Å². The summed E-state index contributed by atoms with van der Waals surface area (Å²) in [5, 5.41) is -0.289. The molecule has 1 aliphatic carbocycles. The second-order valence-electron chi connectivity index (χ2n) is 5.51. The van der Waals surface area contributed by atoms with Gasteiger partial charge in [0, 0.05) is 11.8 Å². The Bertz CT molecular complexity index is 560. The second kappa shape index (κ2) is 6.04. The van der Waals surface area contributed by atoms with E-state index in [1.54, 1.807) is 18.2 Å². The van der Waals surface area contributed by atoms with Gasteiger partial charge in [0.2, 0.25) is 0 Å². The number of sulfone groups is 1. The van der Waals surface area contributed by atoms with Crippen LogP contribution in [0, 0.1) is 5.92 Å². The summed E-state index contributed by atoms with van der Waals surface area (Å²) in [6.07, 6.45) is 4.62. The summed E-state index contributed by atoms with van der Waals surface area (Å²) < 4.78 is 30.7. The van der Waals surface area contributed by atoms with E-state index in [1.807, 2.05) is 0 Å². The number of nitrogen functional groups attached to an aromatic ring is 1. The van der Waals surface area contributed by atoms with Gasteiger partial charge in [0.15, 0.2) is 9.84 Å². The lowest BCUT2D eigenvalue weighted by molar-refractivity contribution is 0.347. The number of anilines is 1. The molecule has 4 nitrogen and oxygen atoms in total. The summed E-state index contributed by atoms with van der Waals surface area (Å²) >= 11 is 0. The van der Waals surface area contributed by atoms with Crippen LogP contribution in [-0.4, -0.2) is 20.8 Å². The molecule has 1 aromatic carbocycles. The fraction of sp³-hybridized carbons (Fsp3) is 0.600. The standard InChI is InChI=1S/C15H23NO3S/c1-3-11-4-7-13(8-5-11)20(17,18)15-9-6-12(16)10-14(15)19-2/h6,9-11,13H,3-5,7-8,16H2,1-2H3. The first-order chi connectivity index (χ1) is 9.48. The zero-order valence-corrected chi connectivity index (χ0v) is 12.9. The van der Waals surface area contributed by atoms with Gasteiger partial charge in [-0.2, -0.15) is 0 Å². The molecule has 0 radical (unpaired) electrons. The number of benzene rings is 1. The van der Waals surface area contributed by atoms with Crippen molar-refractivity contribution in [1.29, 1.82) is 0 Å². The summed E-state index contributed by atoms with van der Waals surface area (Å²) in [5.74, 6) is 1.03. The molecule has 5 heteroatoms. The van der Waals surface area contributed by atoms with Crippen molar-refractivity contribution in [1.82, 2.24) is 0 Å². The van der Waals surface area contributed by atoms with Gasteiger partial charge >= 0.3 is 0 Å². The van der Waals surface area contributed by atoms with Crippen molar-refractivity contribution in [3.8, 4) is 5.75 Å². The predicted molar refractivity (Wildman–Crippen MR) is 80.6 cm³/mol. The van der Waals surface area contributed by atoms with Gasteiger partial charge in [-0.25, -0.2) is 8.42 Å². The molecule has 1 aromatic rings. The lowest BCUT2D eigenvalue weighted by atomic mass is 9.87. The molecule has 20 heavy (non-hydrogen) atoms. The topological polar surface area (TPSA) is 69.4 Å². The molecule has 0 unspecified atom stereocenters. The Morgan fingerprint density at radius 1 is 1.25 bits per heavy atom. The van der Waals surface area contributed by atoms with Gasteiger partial charge in [-0.05, 0) is 43.7 Å². The molecule has 0 aliphatic heterocycles. The summed E-state index contributed by atoms with van der Waals surface area (Å²) in [4.78, 5) is 0.272. The highest BCUT2D eigenvalue weighted by atomic mass is 32.2. The van der Waals surface area contributed by atoms with E-state index in [4.69, 9.17) is 10.5 Å². The molecular formula is C15H23NO3S. The Hall–Kier alpha value is -1.23. The van der Waals surface area contributed by atoms with Gasteiger partial charge in [-0.1, -0.05) is 13.3 Å². The summed E-state index contributed by atoms with van der Waals surface area (Å²) in [6, 6.07) is 4.76. The van der Waals surface area contributed by atoms with E-state index in [0.717, 1.165) is 32.1 Å². The van der Waals surface area contributed by atoms with E-state index in [0.29, 0.717) is 17.4 Å². The number of ether oxygens (including phenoxy) is 1. The maximum atomic E-state index is 12.8. The highest BCUT2D eigenvalue weighted by Gasteiger charge is 2.33. The maximum Gasteiger partial charge on any atom is 0.184 e. The Balaban J connectivity index is 2.27. The number of methoxy groups -OCH3 is 1. The molecule has 1 aliphatic rings. The number of hydrogen-bond donors (Lipinski definition) is 1. The Morgan fingerprint density at radius 3 is 2.45 bits per heavy atom. The van der Waals surface area contributed by atoms with E-state index in [-0.39, 0.29) is 10.1 Å². The maximum absolute atomic E-state index is 12.8. The Morgan fingerprint density at radius 2 is 1.90 bits per heavy atom. The molecule has 0 heterocycles. The third-order valence-electron chi connectivity index (χ3n) is 4.30. The highest BCUT2D eigenvalue weighted by molar-refractivity contribution is 7.92. The van der Waals surface area contributed by atoms with E-state index in [2.05, 4.69) is 6.92 Å². The SMILES string of the molecule is CCC1CCC(S(=O)(=O)c2ccc(N)cc2OC)CC1. The van der Waals surface area contributed by atoms with E-state index in [9.17, 15) is 8.42 Å². The summed E-state index contributed by atoms with van der Waals surface area (Å²) in [5.41, 5.74) is 6.20. The van der Waals surface area contributed by atoms with Crippen LogP contribution in [-0.2, 0) is 9.84 Å². The monoisotopic (exact) mass is 297 g/mol. The van der Waals surface area contributed by atoms with Crippen LogP contribution in [0.15, 0.2) is 23.1 Å². The molecule has 2 N–H and O–H groups in total. The fourth-order valence-corrected chi connectivity index (χ4v) is 4.88. The minimum atomic E-state index is -3.33. The molecule has 0 atom stereocenters. The molecule has 0 bridgehead atoms. The molecule has 0 spiro atoms. The average molecular weight is 297 g/mol. The van der Waals surface area contributed by atoms with Crippen LogP contribution < -0.4 is 10.5 Å². The molecule has 1 fully saturated rings. The quantitative estimate of drug-likeness (QED) is 0.867. The first-order valence-corrected chi connectivity index (χ1v) is 8.71. The van der Waals surface area contributed by atoms with Gasteiger partial charge in [-0.3, -0.25) is 0 Å².